The molecular formula is C15H21N3O2. The molecule has 2 aromatic rings. The van der Waals surface area contributed by atoms with Crippen LogP contribution >= 0.6 is 0 Å². The third kappa shape index (κ3) is 2.57. The van der Waals surface area contributed by atoms with Gasteiger partial charge in [-0.25, -0.2) is 0 Å². The van der Waals surface area contributed by atoms with E-state index in [2.05, 4.69) is 28.6 Å². The van der Waals surface area contributed by atoms with Gasteiger partial charge < -0.3 is 14.8 Å². The molecule has 0 amide bonds. The van der Waals surface area contributed by atoms with Gasteiger partial charge in [-0.15, -0.1) is 0 Å². The van der Waals surface area contributed by atoms with Crippen molar-refractivity contribution < 1.29 is 9.47 Å². The smallest absolute Gasteiger partial charge is 0.0965 e. The van der Waals surface area contributed by atoms with Gasteiger partial charge in [0.05, 0.1) is 37.1 Å². The number of hydrogen-bond donors (Lipinski definition) is 1. The van der Waals surface area contributed by atoms with Gasteiger partial charge in [0.25, 0.3) is 0 Å². The molecule has 3 rings (SSSR count). The van der Waals surface area contributed by atoms with E-state index in [0.29, 0.717) is 19.8 Å². The summed E-state index contributed by atoms with van der Waals surface area (Å²) in [6, 6.07) is 8.54. The fourth-order valence-electron chi connectivity index (χ4n) is 2.81. The highest BCUT2D eigenvalue weighted by Crippen LogP contribution is 2.20. The van der Waals surface area contributed by atoms with E-state index in [1.165, 1.54) is 5.39 Å². The first-order valence-corrected chi connectivity index (χ1v) is 7.07. The van der Waals surface area contributed by atoms with Gasteiger partial charge in [0.2, 0.25) is 0 Å². The minimum Gasteiger partial charge on any atom is -0.376 e. The Bertz CT molecular complexity index is 576. The van der Waals surface area contributed by atoms with Crippen molar-refractivity contribution in [3.8, 4) is 0 Å². The van der Waals surface area contributed by atoms with Crippen LogP contribution in [0.5, 0.6) is 0 Å². The molecule has 0 radical (unpaired) electrons. The number of likely N-dealkylation sites (N-methyl/N-ethyl adjacent to an activating group) is 1. The maximum atomic E-state index is 5.80. The molecule has 1 fully saturated rings. The van der Waals surface area contributed by atoms with Gasteiger partial charge in [0, 0.05) is 24.9 Å². The van der Waals surface area contributed by atoms with E-state index in [9.17, 15) is 0 Å². The zero-order chi connectivity index (χ0) is 13.9. The van der Waals surface area contributed by atoms with E-state index in [0.717, 1.165) is 17.6 Å². The van der Waals surface area contributed by atoms with Gasteiger partial charge in [0.15, 0.2) is 0 Å². The molecule has 108 valence electrons. The van der Waals surface area contributed by atoms with Crippen molar-refractivity contribution in [1.82, 2.24) is 15.1 Å². The summed E-state index contributed by atoms with van der Waals surface area (Å²) in [6.45, 7) is 2.02. The van der Waals surface area contributed by atoms with E-state index in [1.54, 1.807) is 0 Å². The highest BCUT2D eigenvalue weighted by Gasteiger charge is 2.25. The van der Waals surface area contributed by atoms with Gasteiger partial charge in [-0.3, -0.25) is 4.68 Å². The Morgan fingerprint density at radius 3 is 3.00 bits per heavy atom. The summed E-state index contributed by atoms with van der Waals surface area (Å²) in [5, 5.41) is 9.21. The van der Waals surface area contributed by atoms with Gasteiger partial charge >= 0.3 is 0 Å². The minimum absolute atomic E-state index is 0.0921. The largest absolute Gasteiger partial charge is 0.376 e. The van der Waals surface area contributed by atoms with Gasteiger partial charge in [-0.1, -0.05) is 18.2 Å². The number of aryl methyl sites for hydroxylation is 1. The normalized spacial score (nSPS) is 21.2. The Morgan fingerprint density at radius 2 is 2.25 bits per heavy atom. The van der Waals surface area contributed by atoms with Crippen LogP contribution in [0.4, 0.5) is 0 Å². The SMILES string of the molecule is CNC(Cc1nn(C)c2ccccc12)C1COCCO1. The number of fused-ring (bicyclic) bond motifs is 1. The van der Waals surface area contributed by atoms with Crippen molar-refractivity contribution in [2.24, 2.45) is 7.05 Å². The van der Waals surface area contributed by atoms with E-state index in [4.69, 9.17) is 9.47 Å². The average Bonchev–Trinajstić information content (AvgIpc) is 2.82. The highest BCUT2D eigenvalue weighted by molar-refractivity contribution is 5.81. The fourth-order valence-corrected chi connectivity index (χ4v) is 2.81. The molecule has 1 saturated heterocycles. The van der Waals surface area contributed by atoms with Crippen LogP contribution in [0, 0.1) is 0 Å². The van der Waals surface area contributed by atoms with Crippen molar-refractivity contribution in [3.05, 3.63) is 30.0 Å². The fraction of sp³-hybridized carbons (Fsp3) is 0.533. The summed E-state index contributed by atoms with van der Waals surface area (Å²) in [6.07, 6.45) is 0.931. The summed E-state index contributed by atoms with van der Waals surface area (Å²) in [4.78, 5) is 0. The molecule has 0 aliphatic carbocycles. The lowest BCUT2D eigenvalue weighted by Gasteiger charge is -2.29. The number of benzene rings is 1. The Labute approximate surface area is 118 Å². The van der Waals surface area contributed by atoms with Crippen LogP contribution in [0.2, 0.25) is 0 Å². The minimum atomic E-state index is 0.0921. The van der Waals surface area contributed by atoms with Gasteiger partial charge in [-0.05, 0) is 13.1 Å². The van der Waals surface area contributed by atoms with Crippen LogP contribution in [-0.4, -0.2) is 48.8 Å². The standard InChI is InChI=1S/C15H21N3O2/c1-16-13(15-10-19-7-8-20-15)9-12-11-5-3-4-6-14(11)18(2)17-12/h3-6,13,15-16H,7-10H2,1-2H3. The molecule has 2 heterocycles. The Balaban J connectivity index is 1.83. The molecule has 5 nitrogen and oxygen atoms in total. The monoisotopic (exact) mass is 275 g/mol. The van der Waals surface area contributed by atoms with Crippen molar-refractivity contribution in [1.29, 1.82) is 0 Å². The van der Waals surface area contributed by atoms with Crippen LogP contribution in [0.1, 0.15) is 5.69 Å². The quantitative estimate of drug-likeness (QED) is 0.908. The van der Waals surface area contributed by atoms with Crippen LogP contribution in [-0.2, 0) is 22.9 Å². The van der Waals surface area contributed by atoms with E-state index in [1.807, 2.05) is 24.8 Å². The third-order valence-corrected chi connectivity index (χ3v) is 3.91. The second-order valence-electron chi connectivity index (χ2n) is 5.17. The Hall–Kier alpha value is -1.43. The molecule has 1 aliphatic rings. The predicted octanol–water partition coefficient (Wildman–Crippen LogP) is 1.12. The van der Waals surface area contributed by atoms with Gasteiger partial charge in [0.1, 0.15) is 0 Å². The molecular weight excluding hydrogens is 254 g/mol. The molecule has 0 saturated carbocycles. The van der Waals surface area contributed by atoms with E-state index >= 15 is 0 Å². The maximum Gasteiger partial charge on any atom is 0.0965 e. The molecule has 0 bridgehead atoms. The second-order valence-corrected chi connectivity index (χ2v) is 5.17. The topological polar surface area (TPSA) is 48.3 Å². The average molecular weight is 275 g/mol. The Morgan fingerprint density at radius 1 is 1.40 bits per heavy atom. The zero-order valence-corrected chi connectivity index (χ0v) is 12.0. The molecule has 1 aromatic heterocycles. The molecule has 1 aliphatic heterocycles. The second kappa shape index (κ2) is 5.91. The number of nitrogens with one attached hydrogen (secondary N) is 1. The lowest BCUT2D eigenvalue weighted by Crippen LogP contribution is -2.46. The number of para-hydroxylation sites is 1. The summed E-state index contributed by atoms with van der Waals surface area (Å²) in [5.41, 5.74) is 2.27. The van der Waals surface area contributed by atoms with E-state index < -0.39 is 0 Å². The zero-order valence-electron chi connectivity index (χ0n) is 12.0. The van der Waals surface area contributed by atoms with Gasteiger partial charge in [-0.2, -0.15) is 5.10 Å². The van der Waals surface area contributed by atoms with Crippen molar-refractivity contribution in [3.63, 3.8) is 0 Å². The lowest BCUT2D eigenvalue weighted by atomic mass is 10.0. The first kappa shape index (κ1) is 13.5. The number of aromatic nitrogens is 2. The molecule has 2 unspecified atom stereocenters. The maximum absolute atomic E-state index is 5.80. The van der Waals surface area contributed by atoms with Crippen molar-refractivity contribution in [2.45, 2.75) is 18.6 Å². The van der Waals surface area contributed by atoms with Crippen LogP contribution in [0.15, 0.2) is 24.3 Å². The van der Waals surface area contributed by atoms with Crippen molar-refractivity contribution >= 4 is 10.9 Å². The third-order valence-electron chi connectivity index (χ3n) is 3.91. The highest BCUT2D eigenvalue weighted by atomic mass is 16.6. The number of nitrogens with zero attached hydrogens (tertiary/aromatic N) is 2. The summed E-state index contributed by atoms with van der Waals surface area (Å²) < 4.78 is 13.2. The lowest BCUT2D eigenvalue weighted by molar-refractivity contribution is -0.100. The molecule has 5 heteroatoms. The van der Waals surface area contributed by atoms with Crippen LogP contribution in [0.3, 0.4) is 0 Å². The number of ether oxygens (including phenoxy) is 2. The molecule has 20 heavy (non-hydrogen) atoms. The summed E-state index contributed by atoms with van der Waals surface area (Å²) >= 11 is 0. The summed E-state index contributed by atoms with van der Waals surface area (Å²) in [5.74, 6) is 0. The summed E-state index contributed by atoms with van der Waals surface area (Å²) in [7, 11) is 3.95. The number of rotatable bonds is 4. The van der Waals surface area contributed by atoms with Crippen LogP contribution in [0.25, 0.3) is 10.9 Å². The van der Waals surface area contributed by atoms with Crippen molar-refractivity contribution in [2.75, 3.05) is 26.9 Å². The van der Waals surface area contributed by atoms with E-state index in [-0.39, 0.29) is 12.1 Å². The first-order chi connectivity index (χ1) is 9.79. The molecule has 0 spiro atoms. The Kier molecular flexibility index (Phi) is 4.00. The molecule has 1 N–H and O–H groups in total. The number of hydrogen-bond acceptors (Lipinski definition) is 4. The van der Waals surface area contributed by atoms with Crippen LogP contribution < -0.4 is 5.32 Å². The molecule has 1 aromatic carbocycles. The molecule has 2 atom stereocenters. The predicted molar refractivity (Wildman–Crippen MR) is 77.8 cm³/mol. The first-order valence-electron chi connectivity index (χ1n) is 7.07.